The standard InChI is InChI=1S/C18H20N2/c1-3-12-18(13-4-2)14-10-17(11-15-18)20-19-16-8-6-5-7-9-16/h3-11,14-15,17H,1-2,12-13H2. The van der Waals surface area contributed by atoms with Crippen LogP contribution in [0.25, 0.3) is 0 Å². The lowest BCUT2D eigenvalue weighted by atomic mass is 9.77. The van der Waals surface area contributed by atoms with Crippen molar-refractivity contribution in [2.75, 3.05) is 0 Å². The Labute approximate surface area is 120 Å². The highest BCUT2D eigenvalue weighted by atomic mass is 15.1. The molecule has 0 spiro atoms. The van der Waals surface area contributed by atoms with E-state index >= 15 is 0 Å². The van der Waals surface area contributed by atoms with E-state index in [2.05, 4.69) is 47.7 Å². The van der Waals surface area contributed by atoms with Gasteiger partial charge in [-0.05, 0) is 25.0 Å². The van der Waals surface area contributed by atoms with Crippen molar-refractivity contribution in [2.45, 2.75) is 18.9 Å². The Balaban J connectivity index is 2.05. The molecule has 0 aromatic heterocycles. The van der Waals surface area contributed by atoms with Gasteiger partial charge in [0.25, 0.3) is 0 Å². The van der Waals surface area contributed by atoms with Crippen molar-refractivity contribution in [3.05, 3.63) is 79.9 Å². The van der Waals surface area contributed by atoms with Gasteiger partial charge in [0.15, 0.2) is 0 Å². The van der Waals surface area contributed by atoms with Crippen molar-refractivity contribution < 1.29 is 0 Å². The predicted molar refractivity (Wildman–Crippen MR) is 85.1 cm³/mol. The van der Waals surface area contributed by atoms with Crippen LogP contribution < -0.4 is 0 Å². The fraction of sp³-hybridized carbons (Fsp3) is 0.222. The highest BCUT2D eigenvalue weighted by Crippen LogP contribution is 2.34. The third kappa shape index (κ3) is 3.64. The summed E-state index contributed by atoms with van der Waals surface area (Å²) in [4.78, 5) is 0. The summed E-state index contributed by atoms with van der Waals surface area (Å²) in [5.41, 5.74) is 0.894. The van der Waals surface area contributed by atoms with Crippen molar-refractivity contribution in [1.82, 2.24) is 0 Å². The predicted octanol–water partition coefficient (Wildman–Crippen LogP) is 5.40. The highest BCUT2D eigenvalue weighted by Gasteiger charge is 2.24. The van der Waals surface area contributed by atoms with E-state index in [9.17, 15) is 0 Å². The monoisotopic (exact) mass is 264 g/mol. The van der Waals surface area contributed by atoms with Crippen molar-refractivity contribution in [1.29, 1.82) is 0 Å². The van der Waals surface area contributed by atoms with Crippen LogP contribution in [0.2, 0.25) is 0 Å². The van der Waals surface area contributed by atoms with Crippen LogP contribution in [-0.4, -0.2) is 6.04 Å². The third-order valence-electron chi connectivity index (χ3n) is 3.36. The molecule has 2 heteroatoms. The third-order valence-corrected chi connectivity index (χ3v) is 3.36. The second kappa shape index (κ2) is 6.80. The number of rotatable bonds is 6. The van der Waals surface area contributed by atoms with Crippen molar-refractivity contribution in [2.24, 2.45) is 15.6 Å². The van der Waals surface area contributed by atoms with Gasteiger partial charge in [-0.2, -0.15) is 10.2 Å². The largest absolute Gasteiger partial charge is 0.177 e. The zero-order chi connectivity index (χ0) is 14.3. The van der Waals surface area contributed by atoms with Crippen molar-refractivity contribution in [3.8, 4) is 0 Å². The Kier molecular flexibility index (Phi) is 4.83. The lowest BCUT2D eigenvalue weighted by molar-refractivity contribution is 0.497. The molecule has 0 heterocycles. The Morgan fingerprint density at radius 3 is 2.15 bits per heavy atom. The minimum atomic E-state index is 0.0120. The maximum absolute atomic E-state index is 4.34. The summed E-state index contributed by atoms with van der Waals surface area (Å²) in [6.45, 7) is 7.67. The molecule has 0 N–H and O–H groups in total. The lowest BCUT2D eigenvalue weighted by Gasteiger charge is -2.27. The van der Waals surface area contributed by atoms with Crippen LogP contribution in [0.4, 0.5) is 5.69 Å². The van der Waals surface area contributed by atoms with Gasteiger partial charge < -0.3 is 0 Å². The summed E-state index contributed by atoms with van der Waals surface area (Å²) < 4.78 is 0. The summed E-state index contributed by atoms with van der Waals surface area (Å²) in [5.74, 6) is 0. The molecule has 0 saturated carbocycles. The van der Waals surface area contributed by atoms with Gasteiger partial charge in [0, 0.05) is 5.41 Å². The molecular weight excluding hydrogens is 244 g/mol. The van der Waals surface area contributed by atoms with Gasteiger partial charge in [-0.1, -0.05) is 54.7 Å². The quantitative estimate of drug-likeness (QED) is 0.485. The molecule has 1 aliphatic rings. The normalized spacial score (nSPS) is 17.4. The first-order valence-corrected chi connectivity index (χ1v) is 6.84. The number of nitrogens with zero attached hydrogens (tertiary/aromatic N) is 2. The molecule has 2 rings (SSSR count). The van der Waals surface area contributed by atoms with Crippen LogP contribution in [0.5, 0.6) is 0 Å². The van der Waals surface area contributed by atoms with E-state index in [1.807, 2.05) is 42.5 Å². The van der Waals surface area contributed by atoms with Crippen LogP contribution in [-0.2, 0) is 0 Å². The number of hydrogen-bond acceptors (Lipinski definition) is 2. The summed E-state index contributed by atoms with van der Waals surface area (Å²) in [6, 6.07) is 9.79. The van der Waals surface area contributed by atoms with E-state index in [1.165, 1.54) is 0 Å². The first-order valence-electron chi connectivity index (χ1n) is 6.84. The minimum Gasteiger partial charge on any atom is -0.177 e. The number of allylic oxidation sites excluding steroid dienone is 4. The van der Waals surface area contributed by atoms with Crippen LogP contribution >= 0.6 is 0 Å². The van der Waals surface area contributed by atoms with Gasteiger partial charge in [0.05, 0.1) is 5.69 Å². The molecule has 0 atom stereocenters. The number of hydrogen-bond donors (Lipinski definition) is 0. The molecule has 0 aliphatic heterocycles. The fourth-order valence-electron chi connectivity index (χ4n) is 2.30. The molecule has 0 saturated heterocycles. The Morgan fingerprint density at radius 2 is 1.60 bits per heavy atom. The average molecular weight is 264 g/mol. The molecule has 0 unspecified atom stereocenters. The topological polar surface area (TPSA) is 24.7 Å². The summed E-state index contributed by atoms with van der Waals surface area (Å²) in [5, 5.41) is 8.59. The Bertz CT molecular complexity index is 512. The summed E-state index contributed by atoms with van der Waals surface area (Å²) in [6.07, 6.45) is 14.3. The van der Waals surface area contributed by atoms with E-state index in [4.69, 9.17) is 0 Å². The number of benzene rings is 1. The first-order chi connectivity index (χ1) is 9.78. The van der Waals surface area contributed by atoms with Gasteiger partial charge in [0.2, 0.25) is 0 Å². The van der Waals surface area contributed by atoms with Gasteiger partial charge >= 0.3 is 0 Å². The second-order valence-corrected chi connectivity index (χ2v) is 4.98. The smallest absolute Gasteiger partial charge is 0.107 e. The molecule has 2 nitrogen and oxygen atoms in total. The first kappa shape index (κ1) is 14.2. The molecule has 0 fully saturated rings. The summed E-state index contributed by atoms with van der Waals surface area (Å²) in [7, 11) is 0. The van der Waals surface area contributed by atoms with Crippen LogP contribution in [0, 0.1) is 5.41 Å². The second-order valence-electron chi connectivity index (χ2n) is 4.98. The maximum atomic E-state index is 4.34. The molecular formula is C18H20N2. The van der Waals surface area contributed by atoms with Crippen LogP contribution in [0.15, 0.2) is 90.2 Å². The van der Waals surface area contributed by atoms with E-state index < -0.39 is 0 Å². The van der Waals surface area contributed by atoms with Crippen LogP contribution in [0.3, 0.4) is 0 Å². The maximum Gasteiger partial charge on any atom is 0.107 e. The molecule has 1 aromatic rings. The Morgan fingerprint density at radius 1 is 1.00 bits per heavy atom. The molecule has 0 radical (unpaired) electrons. The molecule has 20 heavy (non-hydrogen) atoms. The van der Waals surface area contributed by atoms with Crippen molar-refractivity contribution in [3.63, 3.8) is 0 Å². The van der Waals surface area contributed by atoms with Crippen LogP contribution in [0.1, 0.15) is 12.8 Å². The van der Waals surface area contributed by atoms with E-state index in [-0.39, 0.29) is 11.5 Å². The van der Waals surface area contributed by atoms with Gasteiger partial charge in [-0.15, -0.1) is 13.2 Å². The molecule has 0 bridgehead atoms. The van der Waals surface area contributed by atoms with Gasteiger partial charge in [-0.3, -0.25) is 0 Å². The average Bonchev–Trinajstić information content (AvgIpc) is 2.48. The van der Waals surface area contributed by atoms with Crippen molar-refractivity contribution >= 4 is 5.69 Å². The molecule has 0 amide bonds. The number of azo groups is 1. The zero-order valence-electron chi connectivity index (χ0n) is 11.7. The molecule has 1 aliphatic carbocycles. The zero-order valence-corrected chi connectivity index (χ0v) is 11.7. The van der Waals surface area contributed by atoms with E-state index in [0.717, 1.165) is 18.5 Å². The Hall–Kier alpha value is -2.22. The molecule has 102 valence electrons. The van der Waals surface area contributed by atoms with Gasteiger partial charge in [-0.25, -0.2) is 0 Å². The van der Waals surface area contributed by atoms with Gasteiger partial charge in [0.1, 0.15) is 6.04 Å². The van der Waals surface area contributed by atoms with E-state index in [0.29, 0.717) is 0 Å². The molecule has 1 aromatic carbocycles. The SMILES string of the molecule is C=CCC1(CC=C)C=CC(N=Nc2ccccc2)C=C1. The minimum absolute atomic E-state index is 0.0120. The fourth-order valence-corrected chi connectivity index (χ4v) is 2.30. The van der Waals surface area contributed by atoms with E-state index in [1.54, 1.807) is 0 Å². The lowest BCUT2D eigenvalue weighted by Crippen LogP contribution is -2.18. The highest BCUT2D eigenvalue weighted by molar-refractivity contribution is 5.35. The summed E-state index contributed by atoms with van der Waals surface area (Å²) >= 11 is 0.